The first-order chi connectivity index (χ1) is 14.0. The summed E-state index contributed by atoms with van der Waals surface area (Å²) in [6.07, 6.45) is 4.52. The summed E-state index contributed by atoms with van der Waals surface area (Å²) in [5.41, 5.74) is 3.06. The van der Waals surface area contributed by atoms with Gasteiger partial charge in [-0.05, 0) is 38.0 Å². The quantitative estimate of drug-likeness (QED) is 0.660. The van der Waals surface area contributed by atoms with Crippen LogP contribution in [0.2, 0.25) is 0 Å². The molecule has 0 unspecified atom stereocenters. The molecule has 1 saturated heterocycles. The molecule has 3 rings (SSSR count). The van der Waals surface area contributed by atoms with Crippen LogP contribution in [0, 0.1) is 19.7 Å². The highest BCUT2D eigenvalue weighted by Crippen LogP contribution is 2.25. The Balaban J connectivity index is 1.72. The number of halogens is 1. The van der Waals surface area contributed by atoms with Crippen LogP contribution in [0.25, 0.3) is 0 Å². The van der Waals surface area contributed by atoms with Crippen LogP contribution in [0.4, 0.5) is 10.2 Å². The summed E-state index contributed by atoms with van der Waals surface area (Å²) in [7, 11) is 0. The van der Waals surface area contributed by atoms with E-state index < -0.39 is 0 Å². The lowest BCUT2D eigenvalue weighted by molar-refractivity contribution is -0.131. The van der Waals surface area contributed by atoms with E-state index in [1.807, 2.05) is 30.9 Å². The lowest BCUT2D eigenvalue weighted by atomic mass is 10.0. The SMILES string of the molecule is CCCCCC(=O)N1CCN(c2nc(C)nc(C)c2Cc2ccc(F)cc2)CC1. The molecule has 29 heavy (non-hydrogen) atoms. The number of hydrogen-bond donors (Lipinski definition) is 0. The molecule has 1 amide bonds. The molecular weight excluding hydrogens is 367 g/mol. The first-order valence-electron chi connectivity index (χ1n) is 10.6. The number of aromatic nitrogens is 2. The number of anilines is 1. The summed E-state index contributed by atoms with van der Waals surface area (Å²) < 4.78 is 13.3. The molecule has 0 spiro atoms. The number of piperazine rings is 1. The van der Waals surface area contributed by atoms with Gasteiger partial charge in [0.05, 0.1) is 0 Å². The number of hydrogen-bond acceptors (Lipinski definition) is 4. The summed E-state index contributed by atoms with van der Waals surface area (Å²) in [6.45, 7) is 9.05. The first-order valence-corrected chi connectivity index (χ1v) is 10.6. The zero-order valence-electron chi connectivity index (χ0n) is 17.7. The number of carbonyl (C=O) groups excluding carboxylic acids is 1. The van der Waals surface area contributed by atoms with Crippen molar-refractivity contribution in [3.8, 4) is 0 Å². The van der Waals surface area contributed by atoms with Crippen LogP contribution < -0.4 is 4.90 Å². The van der Waals surface area contributed by atoms with Crippen LogP contribution in [0.5, 0.6) is 0 Å². The Morgan fingerprint density at radius 1 is 1.03 bits per heavy atom. The highest BCUT2D eigenvalue weighted by molar-refractivity contribution is 5.76. The van der Waals surface area contributed by atoms with Gasteiger partial charge < -0.3 is 9.80 Å². The number of aryl methyl sites for hydroxylation is 2. The number of benzene rings is 1. The van der Waals surface area contributed by atoms with E-state index >= 15 is 0 Å². The number of rotatable bonds is 7. The van der Waals surface area contributed by atoms with Gasteiger partial charge in [-0.15, -0.1) is 0 Å². The first kappa shape index (κ1) is 21.2. The van der Waals surface area contributed by atoms with Gasteiger partial charge in [0.1, 0.15) is 17.5 Å². The summed E-state index contributed by atoms with van der Waals surface area (Å²) in [4.78, 5) is 25.9. The smallest absolute Gasteiger partial charge is 0.222 e. The average molecular weight is 399 g/mol. The van der Waals surface area contributed by atoms with Gasteiger partial charge in [-0.3, -0.25) is 4.79 Å². The third kappa shape index (κ3) is 5.52. The lowest BCUT2D eigenvalue weighted by Crippen LogP contribution is -2.49. The van der Waals surface area contributed by atoms with Crippen LogP contribution in [0.15, 0.2) is 24.3 Å². The second-order valence-corrected chi connectivity index (χ2v) is 7.79. The second kappa shape index (κ2) is 9.81. The highest BCUT2D eigenvalue weighted by Gasteiger charge is 2.24. The third-order valence-corrected chi connectivity index (χ3v) is 5.52. The van der Waals surface area contributed by atoms with Crippen LogP contribution in [-0.2, 0) is 11.2 Å². The maximum atomic E-state index is 13.3. The molecule has 1 aliphatic rings. The van der Waals surface area contributed by atoms with E-state index in [2.05, 4.69) is 16.8 Å². The van der Waals surface area contributed by atoms with Crippen molar-refractivity contribution < 1.29 is 9.18 Å². The van der Waals surface area contributed by atoms with Crippen LogP contribution in [-0.4, -0.2) is 47.0 Å². The van der Waals surface area contributed by atoms with Gasteiger partial charge in [-0.25, -0.2) is 14.4 Å². The van der Waals surface area contributed by atoms with E-state index in [0.717, 1.165) is 73.9 Å². The average Bonchev–Trinajstić information content (AvgIpc) is 2.71. The third-order valence-electron chi connectivity index (χ3n) is 5.52. The Morgan fingerprint density at radius 2 is 1.72 bits per heavy atom. The standard InChI is InChI=1S/C23H31FN4O/c1-4-5-6-7-22(29)27-12-14-28(15-13-27)23-21(17(2)25-18(3)26-23)16-19-8-10-20(24)11-9-19/h8-11H,4-7,12-16H2,1-3H3. The van der Waals surface area contributed by atoms with Gasteiger partial charge in [-0.1, -0.05) is 31.9 Å². The molecule has 1 aromatic heterocycles. The molecule has 1 aromatic carbocycles. The Labute approximate surface area is 173 Å². The second-order valence-electron chi connectivity index (χ2n) is 7.79. The summed E-state index contributed by atoms with van der Waals surface area (Å²) in [5, 5.41) is 0. The van der Waals surface area contributed by atoms with Crippen molar-refractivity contribution in [2.24, 2.45) is 0 Å². The largest absolute Gasteiger partial charge is 0.353 e. The van der Waals surface area contributed by atoms with E-state index in [-0.39, 0.29) is 11.7 Å². The minimum Gasteiger partial charge on any atom is -0.353 e. The monoisotopic (exact) mass is 398 g/mol. The Hall–Kier alpha value is -2.50. The molecule has 0 saturated carbocycles. The topological polar surface area (TPSA) is 49.3 Å². The summed E-state index contributed by atoms with van der Waals surface area (Å²) >= 11 is 0. The van der Waals surface area contributed by atoms with Crippen molar-refractivity contribution in [3.05, 3.63) is 52.7 Å². The van der Waals surface area contributed by atoms with Crippen molar-refractivity contribution in [3.63, 3.8) is 0 Å². The number of carbonyl (C=O) groups is 1. The molecule has 5 nitrogen and oxygen atoms in total. The lowest BCUT2D eigenvalue weighted by Gasteiger charge is -2.36. The molecule has 0 atom stereocenters. The molecule has 1 fully saturated rings. The van der Waals surface area contributed by atoms with E-state index in [4.69, 9.17) is 4.98 Å². The Kier molecular flexibility index (Phi) is 7.18. The molecule has 6 heteroatoms. The van der Waals surface area contributed by atoms with Crippen LogP contribution in [0.1, 0.15) is 55.3 Å². The van der Waals surface area contributed by atoms with Crippen molar-refractivity contribution in [1.82, 2.24) is 14.9 Å². The van der Waals surface area contributed by atoms with E-state index in [0.29, 0.717) is 12.8 Å². The summed E-state index contributed by atoms with van der Waals surface area (Å²) in [6, 6.07) is 6.60. The van der Waals surface area contributed by atoms with Crippen LogP contribution >= 0.6 is 0 Å². The zero-order valence-corrected chi connectivity index (χ0v) is 17.7. The number of amides is 1. The van der Waals surface area contributed by atoms with Gasteiger partial charge in [0.15, 0.2) is 0 Å². The normalized spacial score (nSPS) is 14.3. The fourth-order valence-corrected chi connectivity index (χ4v) is 3.84. The molecule has 0 aliphatic carbocycles. The molecule has 2 aromatic rings. The molecule has 0 N–H and O–H groups in total. The highest BCUT2D eigenvalue weighted by atomic mass is 19.1. The van der Waals surface area contributed by atoms with E-state index in [1.54, 1.807) is 0 Å². The molecule has 2 heterocycles. The fraction of sp³-hybridized carbons (Fsp3) is 0.522. The fourth-order valence-electron chi connectivity index (χ4n) is 3.84. The van der Waals surface area contributed by atoms with E-state index in [1.165, 1.54) is 12.1 Å². The van der Waals surface area contributed by atoms with Crippen molar-refractivity contribution in [2.75, 3.05) is 31.1 Å². The van der Waals surface area contributed by atoms with Gasteiger partial charge >= 0.3 is 0 Å². The number of nitrogens with zero attached hydrogens (tertiary/aromatic N) is 4. The number of unbranched alkanes of at least 4 members (excludes halogenated alkanes) is 2. The predicted octanol–water partition coefficient (Wildman–Crippen LogP) is 4.05. The molecule has 0 radical (unpaired) electrons. The Morgan fingerprint density at radius 3 is 2.38 bits per heavy atom. The van der Waals surface area contributed by atoms with Gasteiger partial charge in [-0.2, -0.15) is 0 Å². The molecule has 0 bridgehead atoms. The molecule has 156 valence electrons. The van der Waals surface area contributed by atoms with Gasteiger partial charge in [0.25, 0.3) is 0 Å². The maximum absolute atomic E-state index is 13.3. The molecular formula is C23H31FN4O. The van der Waals surface area contributed by atoms with E-state index in [9.17, 15) is 9.18 Å². The van der Waals surface area contributed by atoms with Gasteiger partial charge in [0.2, 0.25) is 5.91 Å². The van der Waals surface area contributed by atoms with Crippen LogP contribution in [0.3, 0.4) is 0 Å². The predicted molar refractivity (Wildman–Crippen MR) is 114 cm³/mol. The zero-order chi connectivity index (χ0) is 20.8. The maximum Gasteiger partial charge on any atom is 0.222 e. The minimum atomic E-state index is -0.231. The van der Waals surface area contributed by atoms with Gasteiger partial charge in [0, 0.05) is 50.3 Å². The van der Waals surface area contributed by atoms with Crippen molar-refractivity contribution in [2.45, 2.75) is 52.9 Å². The summed E-state index contributed by atoms with van der Waals surface area (Å²) in [5.74, 6) is 1.72. The van der Waals surface area contributed by atoms with Crippen molar-refractivity contribution in [1.29, 1.82) is 0 Å². The molecule has 1 aliphatic heterocycles. The Bertz CT molecular complexity index is 830. The van der Waals surface area contributed by atoms with Crippen molar-refractivity contribution >= 4 is 11.7 Å². The minimum absolute atomic E-state index is 0.231.